The van der Waals surface area contributed by atoms with Gasteiger partial charge in [0.2, 0.25) is 5.91 Å². The summed E-state index contributed by atoms with van der Waals surface area (Å²) in [6.07, 6.45) is 0. The Labute approximate surface area is 140 Å². The Morgan fingerprint density at radius 1 is 1.12 bits per heavy atom. The van der Waals surface area contributed by atoms with Crippen molar-refractivity contribution in [3.63, 3.8) is 0 Å². The standard InChI is InChI=1S/C18H21FN2O3/c1-4-24-16-10-9-15(11-17(16)23-3)20-12(2)18(22)21-14-7-5-13(19)6-8-14/h5-12,20H,4H2,1-3H3,(H,21,22)/t12-/m0/s1. The van der Waals surface area contributed by atoms with Gasteiger partial charge in [0.15, 0.2) is 11.5 Å². The van der Waals surface area contributed by atoms with Crippen molar-refractivity contribution in [2.45, 2.75) is 19.9 Å². The van der Waals surface area contributed by atoms with E-state index in [1.165, 1.54) is 24.3 Å². The van der Waals surface area contributed by atoms with Crippen molar-refractivity contribution in [2.24, 2.45) is 0 Å². The Morgan fingerprint density at radius 2 is 1.79 bits per heavy atom. The Morgan fingerprint density at radius 3 is 2.42 bits per heavy atom. The van der Waals surface area contributed by atoms with Crippen molar-refractivity contribution < 1.29 is 18.7 Å². The molecule has 6 heteroatoms. The van der Waals surface area contributed by atoms with Gasteiger partial charge in [-0.3, -0.25) is 4.79 Å². The Bertz CT molecular complexity index is 689. The van der Waals surface area contributed by atoms with E-state index in [-0.39, 0.29) is 11.7 Å². The molecule has 0 bridgehead atoms. The second-order valence-corrected chi connectivity index (χ2v) is 5.16. The molecule has 128 valence electrons. The Kier molecular flexibility index (Phi) is 6.01. The Hall–Kier alpha value is -2.76. The molecular formula is C18H21FN2O3. The van der Waals surface area contributed by atoms with Crippen LogP contribution in [-0.2, 0) is 4.79 Å². The highest BCUT2D eigenvalue weighted by molar-refractivity contribution is 5.96. The smallest absolute Gasteiger partial charge is 0.246 e. The van der Waals surface area contributed by atoms with Crippen LogP contribution in [0.25, 0.3) is 0 Å². The number of carbonyl (C=O) groups excluding carboxylic acids is 1. The molecule has 0 saturated carbocycles. The van der Waals surface area contributed by atoms with E-state index in [0.717, 1.165) is 5.69 Å². The zero-order valence-electron chi connectivity index (χ0n) is 13.9. The molecule has 5 nitrogen and oxygen atoms in total. The minimum Gasteiger partial charge on any atom is -0.493 e. The van der Waals surface area contributed by atoms with Gasteiger partial charge in [-0.2, -0.15) is 0 Å². The molecule has 0 saturated heterocycles. The molecule has 2 aromatic rings. The molecule has 0 radical (unpaired) electrons. The number of rotatable bonds is 7. The number of ether oxygens (including phenoxy) is 2. The molecule has 2 aromatic carbocycles. The lowest BCUT2D eigenvalue weighted by Gasteiger charge is -2.17. The van der Waals surface area contributed by atoms with Crippen LogP contribution in [0.1, 0.15) is 13.8 Å². The Balaban J connectivity index is 2.01. The zero-order chi connectivity index (χ0) is 17.5. The van der Waals surface area contributed by atoms with Crippen LogP contribution >= 0.6 is 0 Å². The molecule has 0 aliphatic rings. The van der Waals surface area contributed by atoms with Crippen molar-refractivity contribution >= 4 is 17.3 Å². The van der Waals surface area contributed by atoms with Crippen LogP contribution in [0.4, 0.5) is 15.8 Å². The highest BCUT2D eigenvalue weighted by Crippen LogP contribution is 2.30. The van der Waals surface area contributed by atoms with Crippen molar-refractivity contribution in [3.8, 4) is 11.5 Å². The van der Waals surface area contributed by atoms with Crippen LogP contribution in [-0.4, -0.2) is 25.7 Å². The van der Waals surface area contributed by atoms with Gasteiger partial charge in [-0.15, -0.1) is 0 Å². The summed E-state index contributed by atoms with van der Waals surface area (Å²) in [6, 6.07) is 10.5. The average molecular weight is 332 g/mol. The van der Waals surface area contributed by atoms with Gasteiger partial charge in [0, 0.05) is 17.4 Å². The lowest BCUT2D eigenvalue weighted by molar-refractivity contribution is -0.116. The van der Waals surface area contributed by atoms with Gasteiger partial charge in [0.05, 0.1) is 13.7 Å². The molecule has 1 atom stereocenters. The summed E-state index contributed by atoms with van der Waals surface area (Å²) in [6.45, 7) is 4.18. The fraction of sp³-hybridized carbons (Fsp3) is 0.278. The van der Waals surface area contributed by atoms with Gasteiger partial charge >= 0.3 is 0 Å². The number of carbonyl (C=O) groups is 1. The third kappa shape index (κ3) is 4.62. The molecule has 2 N–H and O–H groups in total. The van der Waals surface area contributed by atoms with Gasteiger partial charge in [-0.25, -0.2) is 4.39 Å². The zero-order valence-corrected chi connectivity index (χ0v) is 13.9. The maximum atomic E-state index is 12.9. The topological polar surface area (TPSA) is 59.6 Å². The second-order valence-electron chi connectivity index (χ2n) is 5.16. The number of methoxy groups -OCH3 is 1. The summed E-state index contributed by atoms with van der Waals surface area (Å²) >= 11 is 0. The lowest BCUT2D eigenvalue weighted by Crippen LogP contribution is -2.31. The molecule has 0 spiro atoms. The minimum absolute atomic E-state index is 0.227. The van der Waals surface area contributed by atoms with Crippen LogP contribution in [0.15, 0.2) is 42.5 Å². The molecule has 0 aliphatic heterocycles. The van der Waals surface area contributed by atoms with Crippen molar-refractivity contribution in [1.29, 1.82) is 0 Å². The number of amides is 1. The summed E-state index contributed by atoms with van der Waals surface area (Å²) in [5.74, 6) is 0.664. The fourth-order valence-corrected chi connectivity index (χ4v) is 2.13. The van der Waals surface area contributed by atoms with Gasteiger partial charge in [-0.05, 0) is 50.2 Å². The third-order valence-electron chi connectivity index (χ3n) is 3.35. The minimum atomic E-state index is -0.488. The van der Waals surface area contributed by atoms with E-state index in [1.807, 2.05) is 13.0 Å². The number of benzene rings is 2. The normalized spacial score (nSPS) is 11.5. The average Bonchev–Trinajstić information content (AvgIpc) is 2.58. The first-order valence-corrected chi connectivity index (χ1v) is 7.67. The first kappa shape index (κ1) is 17.6. The SMILES string of the molecule is CCOc1ccc(N[C@@H](C)C(=O)Nc2ccc(F)cc2)cc1OC. The van der Waals surface area contributed by atoms with Crippen LogP contribution in [0, 0.1) is 5.82 Å². The predicted molar refractivity (Wildman–Crippen MR) is 92.3 cm³/mol. The highest BCUT2D eigenvalue weighted by Gasteiger charge is 2.14. The maximum absolute atomic E-state index is 12.9. The molecule has 0 unspecified atom stereocenters. The number of anilines is 2. The summed E-state index contributed by atoms with van der Waals surface area (Å²) in [5, 5.41) is 5.82. The molecular weight excluding hydrogens is 311 g/mol. The van der Waals surface area contributed by atoms with E-state index < -0.39 is 6.04 Å². The summed E-state index contributed by atoms with van der Waals surface area (Å²) in [5.41, 5.74) is 1.27. The van der Waals surface area contributed by atoms with Crippen molar-refractivity contribution in [2.75, 3.05) is 24.4 Å². The van der Waals surface area contributed by atoms with E-state index in [4.69, 9.17) is 9.47 Å². The summed E-state index contributed by atoms with van der Waals surface area (Å²) in [4.78, 5) is 12.2. The van der Waals surface area contributed by atoms with Crippen molar-refractivity contribution in [1.82, 2.24) is 0 Å². The molecule has 0 aliphatic carbocycles. The highest BCUT2D eigenvalue weighted by atomic mass is 19.1. The van der Waals surface area contributed by atoms with E-state index in [1.54, 1.807) is 26.2 Å². The predicted octanol–water partition coefficient (Wildman–Crippen LogP) is 3.67. The van der Waals surface area contributed by atoms with E-state index in [0.29, 0.717) is 23.8 Å². The molecule has 1 amide bonds. The van der Waals surface area contributed by atoms with Gasteiger partial charge in [0.25, 0.3) is 0 Å². The monoisotopic (exact) mass is 332 g/mol. The molecule has 0 heterocycles. The second kappa shape index (κ2) is 8.19. The van der Waals surface area contributed by atoms with Crippen LogP contribution in [0.3, 0.4) is 0 Å². The quantitative estimate of drug-likeness (QED) is 0.812. The molecule has 0 aromatic heterocycles. The summed E-state index contributed by atoms with van der Waals surface area (Å²) in [7, 11) is 1.56. The van der Waals surface area contributed by atoms with Crippen LogP contribution in [0.5, 0.6) is 11.5 Å². The van der Waals surface area contributed by atoms with E-state index >= 15 is 0 Å². The first-order chi connectivity index (χ1) is 11.5. The number of hydrogen-bond acceptors (Lipinski definition) is 4. The van der Waals surface area contributed by atoms with Gasteiger partial charge in [-0.1, -0.05) is 0 Å². The van der Waals surface area contributed by atoms with E-state index in [9.17, 15) is 9.18 Å². The molecule has 0 fully saturated rings. The van der Waals surface area contributed by atoms with Gasteiger partial charge < -0.3 is 20.1 Å². The van der Waals surface area contributed by atoms with Crippen LogP contribution in [0.2, 0.25) is 0 Å². The largest absolute Gasteiger partial charge is 0.493 e. The van der Waals surface area contributed by atoms with E-state index in [2.05, 4.69) is 10.6 Å². The maximum Gasteiger partial charge on any atom is 0.246 e. The van der Waals surface area contributed by atoms with Crippen LogP contribution < -0.4 is 20.1 Å². The number of halogens is 1. The molecule has 24 heavy (non-hydrogen) atoms. The third-order valence-corrected chi connectivity index (χ3v) is 3.35. The fourth-order valence-electron chi connectivity index (χ4n) is 2.13. The molecule has 2 rings (SSSR count). The summed E-state index contributed by atoms with van der Waals surface area (Å²) < 4.78 is 23.6. The van der Waals surface area contributed by atoms with Crippen molar-refractivity contribution in [3.05, 3.63) is 48.3 Å². The lowest BCUT2D eigenvalue weighted by atomic mass is 10.2. The first-order valence-electron chi connectivity index (χ1n) is 7.67. The number of hydrogen-bond donors (Lipinski definition) is 2. The van der Waals surface area contributed by atoms with Gasteiger partial charge in [0.1, 0.15) is 11.9 Å². The number of nitrogens with one attached hydrogen (secondary N) is 2.